The Morgan fingerprint density at radius 3 is 2.39 bits per heavy atom. The molecule has 272 valence electrons. The summed E-state index contributed by atoms with van der Waals surface area (Å²) in [5.74, 6) is 0.232. The molecule has 2 N–H and O–H groups in total. The molecule has 13 nitrogen and oxygen atoms in total. The van der Waals surface area contributed by atoms with E-state index in [-0.39, 0.29) is 77.8 Å². The number of hydrazine groups is 1. The SMILES string of the molecule is O=C1[C@H](Cc2ccc(O)cc2)N2C(=O)CN(Cc3cnn(-c4ccccn4)c3)N(C(=O)NCc3ccccc3)[C@H]2CN1Cc1cccc2cccnc12.[W]. The molecule has 2 aliphatic heterocycles. The molecule has 6 aromatic rings. The van der Waals surface area contributed by atoms with Gasteiger partial charge in [-0.1, -0.05) is 72.8 Å². The second kappa shape index (κ2) is 16.0. The normalized spacial score (nSPS) is 17.3. The third-order valence-corrected chi connectivity index (χ3v) is 9.65. The van der Waals surface area contributed by atoms with Crippen LogP contribution in [0, 0.1) is 0 Å². The molecule has 2 saturated heterocycles. The number of amides is 4. The first-order valence-electron chi connectivity index (χ1n) is 17.4. The van der Waals surface area contributed by atoms with Gasteiger partial charge < -0.3 is 20.2 Å². The number of pyridine rings is 2. The predicted octanol–water partition coefficient (Wildman–Crippen LogP) is 4.27. The van der Waals surface area contributed by atoms with E-state index in [1.807, 2.05) is 85.1 Å². The number of hydrogen-bond donors (Lipinski definition) is 2. The van der Waals surface area contributed by atoms with Gasteiger partial charge in [0.05, 0.1) is 24.8 Å². The molecule has 8 rings (SSSR count). The number of piperazine rings is 1. The van der Waals surface area contributed by atoms with E-state index >= 15 is 0 Å². The molecule has 0 unspecified atom stereocenters. The first-order valence-corrected chi connectivity index (χ1v) is 17.4. The van der Waals surface area contributed by atoms with Crippen molar-refractivity contribution in [1.29, 1.82) is 0 Å². The van der Waals surface area contributed by atoms with Gasteiger partial charge in [0.15, 0.2) is 5.82 Å². The molecule has 5 heterocycles. The van der Waals surface area contributed by atoms with E-state index in [0.29, 0.717) is 5.82 Å². The number of urea groups is 1. The summed E-state index contributed by atoms with van der Waals surface area (Å²) in [5, 5.41) is 21.8. The van der Waals surface area contributed by atoms with Crippen molar-refractivity contribution in [3.63, 3.8) is 0 Å². The number of aromatic nitrogens is 4. The van der Waals surface area contributed by atoms with Crippen LogP contribution in [0.5, 0.6) is 5.75 Å². The molecule has 4 amide bonds. The van der Waals surface area contributed by atoms with Crippen molar-refractivity contribution < 1.29 is 40.6 Å². The molecule has 0 aliphatic carbocycles. The number of carbonyl (C=O) groups is 3. The van der Waals surface area contributed by atoms with E-state index in [4.69, 9.17) is 0 Å². The summed E-state index contributed by atoms with van der Waals surface area (Å²) < 4.78 is 1.65. The van der Waals surface area contributed by atoms with Crippen LogP contribution in [0.4, 0.5) is 4.79 Å². The van der Waals surface area contributed by atoms with Gasteiger partial charge in [-0.05, 0) is 47.0 Å². The van der Waals surface area contributed by atoms with E-state index in [0.717, 1.165) is 33.2 Å². The number of para-hydroxylation sites is 1. The van der Waals surface area contributed by atoms with Gasteiger partial charge >= 0.3 is 6.03 Å². The largest absolute Gasteiger partial charge is 0.508 e. The van der Waals surface area contributed by atoms with Crippen molar-refractivity contribution in [2.45, 2.75) is 38.3 Å². The molecule has 2 fully saturated rings. The number of carbonyl (C=O) groups excluding carboxylic acids is 3. The molecule has 0 spiro atoms. The van der Waals surface area contributed by atoms with Gasteiger partial charge in [-0.15, -0.1) is 0 Å². The van der Waals surface area contributed by atoms with Crippen molar-refractivity contribution in [3.05, 3.63) is 150 Å². The molecular formula is C40H37N9O4W. The van der Waals surface area contributed by atoms with Gasteiger partial charge in [-0.3, -0.25) is 14.6 Å². The number of nitrogens with one attached hydrogen (secondary N) is 1. The molecule has 14 heteroatoms. The van der Waals surface area contributed by atoms with Gasteiger partial charge in [-0.25, -0.2) is 24.5 Å². The first kappa shape index (κ1) is 36.4. The van der Waals surface area contributed by atoms with Crippen molar-refractivity contribution in [2.75, 3.05) is 13.1 Å². The number of phenols is 1. The van der Waals surface area contributed by atoms with Crippen LogP contribution >= 0.6 is 0 Å². The second-order valence-electron chi connectivity index (χ2n) is 13.2. The maximum absolute atomic E-state index is 14.5. The quantitative estimate of drug-likeness (QED) is 0.220. The number of fused-ring (bicyclic) bond motifs is 2. The smallest absolute Gasteiger partial charge is 0.334 e. The van der Waals surface area contributed by atoms with Crippen LogP contribution in [0.25, 0.3) is 16.7 Å². The summed E-state index contributed by atoms with van der Waals surface area (Å²) >= 11 is 0. The molecule has 2 atom stereocenters. The Labute approximate surface area is 326 Å². The first-order chi connectivity index (χ1) is 25.9. The van der Waals surface area contributed by atoms with Gasteiger partial charge in [0.1, 0.15) is 18.0 Å². The number of rotatable bonds is 9. The maximum Gasteiger partial charge on any atom is 0.334 e. The Morgan fingerprint density at radius 2 is 1.59 bits per heavy atom. The Morgan fingerprint density at radius 1 is 0.815 bits per heavy atom. The van der Waals surface area contributed by atoms with E-state index in [9.17, 15) is 19.5 Å². The Balaban J connectivity index is 0.00000450. The molecule has 3 aromatic carbocycles. The van der Waals surface area contributed by atoms with E-state index in [1.54, 1.807) is 67.4 Å². The maximum atomic E-state index is 14.5. The van der Waals surface area contributed by atoms with Crippen LogP contribution in [-0.2, 0) is 56.7 Å². The molecule has 0 radical (unpaired) electrons. The van der Waals surface area contributed by atoms with Crippen LogP contribution in [0.2, 0.25) is 0 Å². The number of aromatic hydroxyl groups is 1. The van der Waals surface area contributed by atoms with Crippen molar-refractivity contribution in [2.24, 2.45) is 0 Å². The van der Waals surface area contributed by atoms with Crippen molar-refractivity contribution in [1.82, 2.24) is 44.9 Å². The summed E-state index contributed by atoms with van der Waals surface area (Å²) in [7, 11) is 0. The number of benzene rings is 3. The molecule has 0 bridgehead atoms. The molecular weight excluding hydrogens is 854 g/mol. The Bertz CT molecular complexity index is 2250. The van der Waals surface area contributed by atoms with E-state index in [1.165, 1.54) is 0 Å². The van der Waals surface area contributed by atoms with Crippen LogP contribution in [-0.4, -0.2) is 87.8 Å². The summed E-state index contributed by atoms with van der Waals surface area (Å²) in [4.78, 5) is 55.6. The van der Waals surface area contributed by atoms with Crippen molar-refractivity contribution in [3.8, 4) is 11.6 Å². The second-order valence-corrected chi connectivity index (χ2v) is 13.2. The molecule has 54 heavy (non-hydrogen) atoms. The van der Waals surface area contributed by atoms with Gasteiger partial charge in [-0.2, -0.15) is 5.10 Å². The zero-order chi connectivity index (χ0) is 36.3. The van der Waals surface area contributed by atoms with Crippen LogP contribution in [0.1, 0.15) is 22.3 Å². The van der Waals surface area contributed by atoms with Crippen LogP contribution in [0.3, 0.4) is 0 Å². The molecule has 2 aliphatic rings. The predicted molar refractivity (Wildman–Crippen MR) is 196 cm³/mol. The fraction of sp³-hybridized carbons (Fsp3) is 0.200. The van der Waals surface area contributed by atoms with Gasteiger partial charge in [0, 0.05) is 76.7 Å². The van der Waals surface area contributed by atoms with Crippen LogP contribution < -0.4 is 5.32 Å². The summed E-state index contributed by atoms with van der Waals surface area (Å²) in [6.07, 6.45) is 6.31. The van der Waals surface area contributed by atoms with Gasteiger partial charge in [0.2, 0.25) is 11.8 Å². The number of phenolic OH excluding ortho intramolecular Hbond substituents is 1. The topological polar surface area (TPSA) is 140 Å². The third kappa shape index (κ3) is 7.59. The van der Waals surface area contributed by atoms with Gasteiger partial charge in [0.25, 0.3) is 0 Å². The summed E-state index contributed by atoms with van der Waals surface area (Å²) in [6, 6.07) is 30.2. The van der Waals surface area contributed by atoms with Crippen molar-refractivity contribution >= 4 is 28.7 Å². The Hall–Kier alpha value is -5.91. The number of nitrogens with zero attached hydrogens (tertiary/aromatic N) is 8. The minimum atomic E-state index is -0.910. The molecule has 3 aromatic heterocycles. The summed E-state index contributed by atoms with van der Waals surface area (Å²) in [5.41, 5.74) is 4.09. The summed E-state index contributed by atoms with van der Waals surface area (Å²) in [6.45, 7) is 0.627. The monoisotopic (exact) mass is 891 g/mol. The zero-order valence-corrected chi connectivity index (χ0v) is 32.1. The fourth-order valence-corrected chi connectivity index (χ4v) is 7.15. The average molecular weight is 892 g/mol. The van der Waals surface area contributed by atoms with E-state index < -0.39 is 18.2 Å². The van der Waals surface area contributed by atoms with E-state index in [2.05, 4.69) is 20.4 Å². The fourth-order valence-electron chi connectivity index (χ4n) is 7.15. The minimum absolute atomic E-state index is 0. The third-order valence-electron chi connectivity index (χ3n) is 9.65. The minimum Gasteiger partial charge on any atom is -0.508 e. The Kier molecular flexibility index (Phi) is 10.8. The van der Waals surface area contributed by atoms with Crippen LogP contribution in [0.15, 0.2) is 128 Å². The standard InChI is InChI=1S/C40H37N9O4.W/c50-33-16-14-28(15-17-33)20-34-39(52)45(25-32-11-6-10-31-12-7-19-42-38(31)32)26-36-48(34)37(51)27-46(49(36)40(53)43-21-29-8-2-1-3-9-29)23-30-22-44-47(24-30)35-13-4-5-18-41-35;/h1-19,22,24,34,36,50H,20-21,23,25-27H2,(H,43,53);/t34-,36-;/m0./s1. The number of hydrogen-bond acceptors (Lipinski definition) is 8. The average Bonchev–Trinajstić information content (AvgIpc) is 3.66. The zero-order valence-electron chi connectivity index (χ0n) is 29.2. The molecule has 0 saturated carbocycles.